The number of hydrogen-bond donors (Lipinski definition) is 3. The van der Waals surface area contributed by atoms with E-state index < -0.39 is 0 Å². The van der Waals surface area contributed by atoms with Crippen molar-refractivity contribution in [2.45, 2.75) is 33.2 Å². The Morgan fingerprint density at radius 1 is 1.50 bits per heavy atom. The van der Waals surface area contributed by atoms with Gasteiger partial charge in [0.15, 0.2) is 0 Å². The number of aryl methyl sites for hydroxylation is 1. The quantitative estimate of drug-likeness (QED) is 0.232. The molecule has 16 heavy (non-hydrogen) atoms. The largest absolute Gasteiger partial charge is 0.464 e. The van der Waals surface area contributed by atoms with E-state index in [4.69, 9.17) is 10.3 Å². The zero-order valence-corrected chi connectivity index (χ0v) is 9.92. The monoisotopic (exact) mass is 224 g/mol. The van der Waals surface area contributed by atoms with Gasteiger partial charge in [-0.15, -0.1) is 0 Å². The fraction of sp³-hybridized carbons (Fsp3) is 0.545. The normalized spacial score (nSPS) is 11.6. The van der Waals surface area contributed by atoms with Gasteiger partial charge in [-0.2, -0.15) is 0 Å². The number of furan rings is 1. The molecule has 0 aliphatic heterocycles. The first-order valence-corrected chi connectivity index (χ1v) is 5.56. The molecule has 0 aromatic carbocycles. The van der Waals surface area contributed by atoms with Crippen LogP contribution in [0.25, 0.3) is 0 Å². The topological polar surface area (TPSA) is 75.6 Å². The van der Waals surface area contributed by atoms with Gasteiger partial charge in [-0.05, 0) is 25.5 Å². The van der Waals surface area contributed by atoms with Gasteiger partial charge in [0.25, 0.3) is 0 Å². The Labute approximate surface area is 96.1 Å². The molecule has 5 heteroatoms. The number of nitrogens with two attached hydrogens (primary N) is 1. The van der Waals surface area contributed by atoms with Crippen molar-refractivity contribution in [2.75, 3.05) is 6.54 Å². The maximum Gasteiger partial charge on any atom is 0.206 e. The maximum absolute atomic E-state index is 5.40. The lowest BCUT2D eigenvalue weighted by Gasteiger charge is -2.07. The van der Waals surface area contributed by atoms with Crippen molar-refractivity contribution in [3.63, 3.8) is 0 Å². The van der Waals surface area contributed by atoms with Gasteiger partial charge in [-0.1, -0.05) is 13.3 Å². The molecule has 0 bridgehead atoms. The van der Waals surface area contributed by atoms with E-state index in [2.05, 4.69) is 22.7 Å². The highest BCUT2D eigenvalue weighted by molar-refractivity contribution is 5.79. The van der Waals surface area contributed by atoms with E-state index in [1.165, 1.54) is 0 Å². The van der Waals surface area contributed by atoms with Crippen LogP contribution in [0.15, 0.2) is 21.5 Å². The molecule has 1 aromatic heterocycles. The summed E-state index contributed by atoms with van der Waals surface area (Å²) in [5, 5.41) is 3.12. The SMILES string of the molecule is CCCCNC(=NCc1ccc(C)o1)NN. The molecule has 1 aromatic rings. The van der Waals surface area contributed by atoms with Crippen LogP contribution in [0.1, 0.15) is 31.3 Å². The van der Waals surface area contributed by atoms with E-state index >= 15 is 0 Å². The van der Waals surface area contributed by atoms with Crippen LogP contribution in [0.2, 0.25) is 0 Å². The molecule has 1 heterocycles. The highest BCUT2D eigenvalue weighted by atomic mass is 16.3. The molecule has 0 atom stereocenters. The number of aliphatic imine (C=N–C) groups is 1. The van der Waals surface area contributed by atoms with Crippen molar-refractivity contribution >= 4 is 5.96 Å². The van der Waals surface area contributed by atoms with Crippen molar-refractivity contribution in [3.05, 3.63) is 23.7 Å². The minimum absolute atomic E-state index is 0.493. The minimum Gasteiger partial charge on any atom is -0.464 e. The Balaban J connectivity index is 2.40. The van der Waals surface area contributed by atoms with Crippen molar-refractivity contribution in [2.24, 2.45) is 10.8 Å². The van der Waals surface area contributed by atoms with Gasteiger partial charge < -0.3 is 9.73 Å². The fourth-order valence-electron chi connectivity index (χ4n) is 1.26. The predicted octanol–water partition coefficient (Wildman–Crippen LogP) is 1.30. The maximum atomic E-state index is 5.40. The number of nitrogens with zero attached hydrogens (tertiary/aromatic N) is 1. The highest BCUT2D eigenvalue weighted by Gasteiger charge is 1.98. The van der Waals surface area contributed by atoms with Crippen molar-refractivity contribution in [3.8, 4) is 0 Å². The second-order valence-electron chi connectivity index (χ2n) is 3.60. The van der Waals surface area contributed by atoms with Gasteiger partial charge >= 0.3 is 0 Å². The van der Waals surface area contributed by atoms with Gasteiger partial charge in [0, 0.05) is 6.54 Å². The summed E-state index contributed by atoms with van der Waals surface area (Å²) in [5.74, 6) is 7.68. The molecule has 0 fully saturated rings. The van der Waals surface area contributed by atoms with Gasteiger partial charge in [0.2, 0.25) is 5.96 Å². The summed E-state index contributed by atoms with van der Waals surface area (Å²) in [5.41, 5.74) is 2.54. The van der Waals surface area contributed by atoms with Crippen LogP contribution in [0.5, 0.6) is 0 Å². The van der Waals surface area contributed by atoms with Crippen molar-refractivity contribution in [1.29, 1.82) is 0 Å². The number of nitrogens with one attached hydrogen (secondary N) is 2. The number of unbranched alkanes of at least 4 members (excludes halogenated alkanes) is 1. The van der Waals surface area contributed by atoms with E-state index in [0.29, 0.717) is 12.5 Å². The lowest BCUT2D eigenvalue weighted by molar-refractivity contribution is 0.485. The molecule has 0 saturated carbocycles. The number of hydrogen-bond acceptors (Lipinski definition) is 3. The molecular weight excluding hydrogens is 204 g/mol. The lowest BCUT2D eigenvalue weighted by Crippen LogP contribution is -2.41. The predicted molar refractivity (Wildman–Crippen MR) is 64.8 cm³/mol. The van der Waals surface area contributed by atoms with E-state index in [0.717, 1.165) is 30.9 Å². The average Bonchev–Trinajstić information content (AvgIpc) is 2.69. The zero-order valence-electron chi connectivity index (χ0n) is 9.92. The third kappa shape index (κ3) is 4.35. The second-order valence-corrected chi connectivity index (χ2v) is 3.60. The van der Waals surface area contributed by atoms with Gasteiger partial charge in [0.05, 0.1) is 0 Å². The third-order valence-electron chi connectivity index (χ3n) is 2.15. The smallest absolute Gasteiger partial charge is 0.206 e. The van der Waals surface area contributed by atoms with E-state index in [1.54, 1.807) is 0 Å². The molecule has 0 aliphatic carbocycles. The third-order valence-corrected chi connectivity index (χ3v) is 2.15. The highest BCUT2D eigenvalue weighted by Crippen LogP contribution is 2.06. The second kappa shape index (κ2) is 6.90. The van der Waals surface area contributed by atoms with E-state index in [9.17, 15) is 0 Å². The number of rotatable bonds is 5. The Morgan fingerprint density at radius 3 is 2.88 bits per heavy atom. The molecule has 5 nitrogen and oxygen atoms in total. The summed E-state index contributed by atoms with van der Waals surface area (Å²) in [4.78, 5) is 4.27. The Bertz CT molecular complexity index is 332. The van der Waals surface area contributed by atoms with Crippen LogP contribution in [0.3, 0.4) is 0 Å². The van der Waals surface area contributed by atoms with Crippen LogP contribution in [-0.2, 0) is 6.54 Å². The fourth-order valence-corrected chi connectivity index (χ4v) is 1.26. The Morgan fingerprint density at radius 2 is 2.31 bits per heavy atom. The first-order valence-electron chi connectivity index (χ1n) is 5.56. The summed E-state index contributed by atoms with van der Waals surface area (Å²) in [7, 11) is 0. The summed E-state index contributed by atoms with van der Waals surface area (Å²) < 4.78 is 5.40. The minimum atomic E-state index is 0.493. The average molecular weight is 224 g/mol. The van der Waals surface area contributed by atoms with Crippen molar-refractivity contribution < 1.29 is 4.42 Å². The van der Waals surface area contributed by atoms with E-state index in [1.807, 2.05) is 19.1 Å². The first kappa shape index (κ1) is 12.6. The zero-order chi connectivity index (χ0) is 11.8. The van der Waals surface area contributed by atoms with Crippen LogP contribution in [0, 0.1) is 6.92 Å². The molecule has 4 N–H and O–H groups in total. The van der Waals surface area contributed by atoms with Crippen LogP contribution in [0.4, 0.5) is 0 Å². The van der Waals surface area contributed by atoms with E-state index in [-0.39, 0.29) is 0 Å². The summed E-state index contributed by atoms with van der Waals surface area (Å²) >= 11 is 0. The molecule has 0 aliphatic rings. The number of guanidine groups is 1. The molecule has 0 amide bonds. The van der Waals surface area contributed by atoms with Crippen LogP contribution < -0.4 is 16.6 Å². The molecule has 1 rings (SSSR count). The van der Waals surface area contributed by atoms with Crippen LogP contribution >= 0.6 is 0 Å². The molecule has 0 saturated heterocycles. The summed E-state index contributed by atoms with van der Waals surface area (Å²) in [6.07, 6.45) is 2.24. The first-order chi connectivity index (χ1) is 7.76. The number of hydrazine groups is 1. The lowest BCUT2D eigenvalue weighted by atomic mass is 10.3. The molecule has 0 unspecified atom stereocenters. The van der Waals surface area contributed by atoms with Crippen molar-refractivity contribution in [1.82, 2.24) is 10.7 Å². The molecular formula is C11H20N4O. The van der Waals surface area contributed by atoms with Gasteiger partial charge in [-0.3, -0.25) is 5.43 Å². The molecule has 0 spiro atoms. The molecule has 90 valence electrons. The standard InChI is InChI=1S/C11H20N4O/c1-3-4-7-13-11(15-12)14-8-10-6-5-9(2)16-10/h5-6H,3-4,7-8,12H2,1-2H3,(H2,13,14,15). The van der Waals surface area contributed by atoms with Crippen LogP contribution in [-0.4, -0.2) is 12.5 Å². The summed E-state index contributed by atoms with van der Waals surface area (Å²) in [6, 6.07) is 3.84. The summed E-state index contributed by atoms with van der Waals surface area (Å²) in [6.45, 7) is 5.41. The Hall–Kier alpha value is -1.49. The Kier molecular flexibility index (Phi) is 5.42. The van der Waals surface area contributed by atoms with Gasteiger partial charge in [-0.25, -0.2) is 10.8 Å². The van der Waals surface area contributed by atoms with Gasteiger partial charge in [0.1, 0.15) is 18.1 Å². The molecule has 0 radical (unpaired) electrons.